The van der Waals surface area contributed by atoms with Crippen molar-refractivity contribution in [2.24, 2.45) is 0 Å². The van der Waals surface area contributed by atoms with Gasteiger partial charge < -0.3 is 4.90 Å². The molecule has 1 unspecified atom stereocenters. The highest BCUT2D eigenvalue weighted by Gasteiger charge is 2.32. The van der Waals surface area contributed by atoms with Crippen LogP contribution in [-0.2, 0) is 4.79 Å². The summed E-state index contributed by atoms with van der Waals surface area (Å²) in [5, 5.41) is 0. The average molecular weight is 282 g/mol. The molecule has 3 heteroatoms. The van der Waals surface area contributed by atoms with Crippen LogP contribution in [0.15, 0.2) is 0 Å². The maximum atomic E-state index is 11.9. The fourth-order valence-corrected chi connectivity index (χ4v) is 3.18. The molecule has 1 amide bonds. The van der Waals surface area contributed by atoms with Gasteiger partial charge in [0.2, 0.25) is 5.91 Å². The van der Waals surface area contributed by atoms with E-state index in [-0.39, 0.29) is 0 Å². The van der Waals surface area contributed by atoms with Crippen LogP contribution in [0.2, 0.25) is 0 Å². The lowest BCUT2D eigenvalue weighted by Gasteiger charge is -2.46. The van der Waals surface area contributed by atoms with Gasteiger partial charge in [-0.15, -0.1) is 0 Å². The summed E-state index contributed by atoms with van der Waals surface area (Å²) < 4.78 is 0. The molecule has 1 fully saturated rings. The lowest BCUT2D eigenvalue weighted by molar-refractivity contribution is -0.134. The minimum absolute atomic E-state index is 0.328. The van der Waals surface area contributed by atoms with Gasteiger partial charge >= 0.3 is 0 Å². The van der Waals surface area contributed by atoms with E-state index in [9.17, 15) is 4.79 Å². The van der Waals surface area contributed by atoms with Crippen LogP contribution in [0.5, 0.6) is 0 Å². The highest BCUT2D eigenvalue weighted by molar-refractivity contribution is 5.76. The van der Waals surface area contributed by atoms with E-state index in [0.29, 0.717) is 17.9 Å². The largest absolute Gasteiger partial charge is 0.340 e. The van der Waals surface area contributed by atoms with Gasteiger partial charge in [0.05, 0.1) is 0 Å². The first-order chi connectivity index (χ1) is 9.57. The first-order valence-corrected chi connectivity index (χ1v) is 8.60. The molecule has 1 aliphatic rings. The fraction of sp³-hybridized carbons (Fsp3) is 0.941. The lowest BCUT2D eigenvalue weighted by Crippen LogP contribution is -2.56. The molecule has 0 saturated carbocycles. The Bertz CT molecular complexity index is 285. The second-order valence-corrected chi connectivity index (χ2v) is 6.43. The van der Waals surface area contributed by atoms with Gasteiger partial charge in [0.1, 0.15) is 0 Å². The van der Waals surface area contributed by atoms with E-state index in [2.05, 4.69) is 37.5 Å². The van der Waals surface area contributed by atoms with E-state index >= 15 is 0 Å². The molecule has 0 spiro atoms. The molecule has 3 nitrogen and oxygen atoms in total. The number of hydrogen-bond acceptors (Lipinski definition) is 2. The Morgan fingerprint density at radius 2 is 1.65 bits per heavy atom. The third-order valence-electron chi connectivity index (χ3n) is 4.94. The van der Waals surface area contributed by atoms with Crippen molar-refractivity contribution in [3.8, 4) is 0 Å². The predicted octanol–water partition coefficient (Wildman–Crippen LogP) is 3.68. The maximum absolute atomic E-state index is 11.9. The van der Waals surface area contributed by atoms with Gasteiger partial charge in [0, 0.05) is 38.1 Å². The van der Waals surface area contributed by atoms with E-state index in [4.69, 9.17) is 0 Å². The molecule has 0 aromatic heterocycles. The SMILES string of the molecule is CCCCCC(C)(CC)N1CCN(C(=O)CCC)CC1. The molecule has 0 N–H and O–H groups in total. The van der Waals surface area contributed by atoms with Crippen molar-refractivity contribution in [2.75, 3.05) is 26.2 Å². The Labute approximate surface area is 125 Å². The minimum Gasteiger partial charge on any atom is -0.340 e. The molecule has 0 aromatic rings. The number of unbranched alkanes of at least 4 members (excludes halogenated alkanes) is 2. The van der Waals surface area contributed by atoms with E-state index in [0.717, 1.165) is 32.6 Å². The minimum atomic E-state index is 0.328. The van der Waals surface area contributed by atoms with Gasteiger partial charge in [-0.2, -0.15) is 0 Å². The molecule has 1 aliphatic heterocycles. The molecule has 0 aromatic carbocycles. The van der Waals surface area contributed by atoms with Crippen molar-refractivity contribution in [2.45, 2.75) is 78.2 Å². The fourth-order valence-electron chi connectivity index (χ4n) is 3.18. The highest BCUT2D eigenvalue weighted by Crippen LogP contribution is 2.27. The topological polar surface area (TPSA) is 23.6 Å². The van der Waals surface area contributed by atoms with Crippen LogP contribution in [-0.4, -0.2) is 47.4 Å². The molecule has 20 heavy (non-hydrogen) atoms. The summed E-state index contributed by atoms with van der Waals surface area (Å²) in [7, 11) is 0. The molecular formula is C17H34N2O. The standard InChI is InChI=1S/C17H34N2O/c1-5-8-9-11-17(4,7-3)19-14-12-18(13-15-19)16(20)10-6-2/h5-15H2,1-4H3. The van der Waals surface area contributed by atoms with E-state index in [1.54, 1.807) is 0 Å². The second kappa shape index (κ2) is 8.66. The zero-order chi connectivity index (χ0) is 15.0. The zero-order valence-corrected chi connectivity index (χ0v) is 14.1. The van der Waals surface area contributed by atoms with Crippen LogP contribution in [0.1, 0.15) is 72.6 Å². The second-order valence-electron chi connectivity index (χ2n) is 6.43. The quantitative estimate of drug-likeness (QED) is 0.634. The molecule has 0 bridgehead atoms. The lowest BCUT2D eigenvalue weighted by atomic mass is 9.89. The van der Waals surface area contributed by atoms with Crippen molar-refractivity contribution in [3.63, 3.8) is 0 Å². The smallest absolute Gasteiger partial charge is 0.222 e. The third-order valence-corrected chi connectivity index (χ3v) is 4.94. The number of carbonyl (C=O) groups excluding carboxylic acids is 1. The summed E-state index contributed by atoms with van der Waals surface area (Å²) in [6.07, 6.45) is 8.13. The predicted molar refractivity (Wildman–Crippen MR) is 85.9 cm³/mol. The zero-order valence-electron chi connectivity index (χ0n) is 14.1. The summed E-state index contributed by atoms with van der Waals surface area (Å²) >= 11 is 0. The summed E-state index contributed by atoms with van der Waals surface area (Å²) in [6, 6.07) is 0. The van der Waals surface area contributed by atoms with E-state index < -0.39 is 0 Å². The first-order valence-electron chi connectivity index (χ1n) is 8.60. The van der Waals surface area contributed by atoms with Gasteiger partial charge in [0.15, 0.2) is 0 Å². The Hall–Kier alpha value is -0.570. The number of piperazine rings is 1. The molecular weight excluding hydrogens is 248 g/mol. The first kappa shape index (κ1) is 17.5. The van der Waals surface area contributed by atoms with Gasteiger partial charge in [-0.25, -0.2) is 0 Å². The normalized spacial score (nSPS) is 19.9. The van der Waals surface area contributed by atoms with Gasteiger partial charge in [-0.1, -0.05) is 40.0 Å². The van der Waals surface area contributed by atoms with Crippen molar-refractivity contribution < 1.29 is 4.79 Å². The molecule has 1 atom stereocenters. The van der Waals surface area contributed by atoms with E-state index in [1.807, 2.05) is 0 Å². The molecule has 1 saturated heterocycles. The molecule has 0 radical (unpaired) electrons. The van der Waals surface area contributed by atoms with Crippen molar-refractivity contribution in [1.29, 1.82) is 0 Å². The van der Waals surface area contributed by atoms with Gasteiger partial charge in [-0.3, -0.25) is 9.69 Å². The van der Waals surface area contributed by atoms with Crippen molar-refractivity contribution >= 4 is 5.91 Å². The summed E-state index contributed by atoms with van der Waals surface area (Å²) in [6.45, 7) is 13.0. The summed E-state index contributed by atoms with van der Waals surface area (Å²) in [5.74, 6) is 0.344. The van der Waals surface area contributed by atoms with Crippen LogP contribution in [0.3, 0.4) is 0 Å². The van der Waals surface area contributed by atoms with Crippen LogP contribution in [0, 0.1) is 0 Å². The third kappa shape index (κ3) is 4.76. The Balaban J connectivity index is 2.46. The number of hydrogen-bond donors (Lipinski definition) is 0. The summed E-state index contributed by atoms with van der Waals surface area (Å²) in [4.78, 5) is 16.6. The average Bonchev–Trinajstić information content (AvgIpc) is 2.47. The summed E-state index contributed by atoms with van der Waals surface area (Å²) in [5.41, 5.74) is 0.328. The van der Waals surface area contributed by atoms with Gasteiger partial charge in [-0.05, 0) is 26.2 Å². The Kier molecular flexibility index (Phi) is 7.57. The maximum Gasteiger partial charge on any atom is 0.222 e. The van der Waals surface area contributed by atoms with Crippen molar-refractivity contribution in [3.05, 3.63) is 0 Å². The van der Waals surface area contributed by atoms with Gasteiger partial charge in [0.25, 0.3) is 0 Å². The van der Waals surface area contributed by atoms with Crippen LogP contribution >= 0.6 is 0 Å². The highest BCUT2D eigenvalue weighted by atomic mass is 16.2. The monoisotopic (exact) mass is 282 g/mol. The van der Waals surface area contributed by atoms with Crippen LogP contribution in [0.4, 0.5) is 0 Å². The Morgan fingerprint density at radius 1 is 1.00 bits per heavy atom. The van der Waals surface area contributed by atoms with Crippen LogP contribution < -0.4 is 0 Å². The molecule has 118 valence electrons. The molecule has 1 rings (SSSR count). The van der Waals surface area contributed by atoms with Crippen LogP contribution in [0.25, 0.3) is 0 Å². The number of nitrogens with zero attached hydrogens (tertiary/aromatic N) is 2. The van der Waals surface area contributed by atoms with E-state index in [1.165, 1.54) is 32.1 Å². The molecule has 1 heterocycles. The number of carbonyl (C=O) groups is 1. The Morgan fingerprint density at radius 3 is 2.15 bits per heavy atom. The van der Waals surface area contributed by atoms with Crippen molar-refractivity contribution in [1.82, 2.24) is 9.80 Å². The number of rotatable bonds is 8. The molecule has 0 aliphatic carbocycles. The number of amides is 1.